The van der Waals surface area contributed by atoms with Crippen LogP contribution in [0.25, 0.3) is 0 Å². The van der Waals surface area contributed by atoms with Crippen molar-refractivity contribution in [2.75, 3.05) is 6.16 Å². The second-order valence-electron chi connectivity index (χ2n) is 1.92. The average Bonchev–Trinajstić information content (AvgIpc) is 1.84. The first-order valence-corrected chi connectivity index (χ1v) is 4.61. The Morgan fingerprint density at radius 2 is 1.83 bits per heavy atom. The minimum absolute atomic E-state index is 0.613. The van der Waals surface area contributed by atoms with Gasteiger partial charge in [-0.25, -0.2) is 4.79 Å². The Bertz CT molecular complexity index is 261. The van der Waals surface area contributed by atoms with Crippen LogP contribution in [-0.2, 0) is 14.2 Å². The van der Waals surface area contributed by atoms with Crippen LogP contribution in [0.4, 0.5) is 0 Å². The van der Waals surface area contributed by atoms with Crippen molar-refractivity contribution in [2.45, 2.75) is 0 Å². The minimum atomic E-state index is -4.18. The van der Waals surface area contributed by atoms with Crippen molar-refractivity contribution in [1.29, 1.82) is 0 Å². The molecule has 0 aromatic heterocycles. The van der Waals surface area contributed by atoms with Gasteiger partial charge in [0.25, 0.3) is 5.78 Å². The first-order valence-electron chi connectivity index (χ1n) is 2.81. The molecule has 7 heteroatoms. The molecule has 0 aromatic rings. The molecule has 0 aromatic carbocycles. The monoisotopic (exact) mass is 194 g/mol. The molecular formula is C5H7O6P. The van der Waals surface area contributed by atoms with Gasteiger partial charge in [-0.3, -0.25) is 9.36 Å². The van der Waals surface area contributed by atoms with Crippen molar-refractivity contribution >= 4 is 19.3 Å². The second-order valence-corrected chi connectivity index (χ2v) is 3.61. The maximum absolute atomic E-state index is 10.3. The second kappa shape index (κ2) is 4.15. The molecule has 0 saturated heterocycles. The normalized spacial score (nSPS) is 11.8. The minimum Gasteiger partial charge on any atom is -0.475 e. The van der Waals surface area contributed by atoms with Gasteiger partial charge >= 0.3 is 13.6 Å². The Labute approximate surface area is 67.7 Å². The van der Waals surface area contributed by atoms with E-state index in [-0.39, 0.29) is 0 Å². The molecule has 12 heavy (non-hydrogen) atoms. The predicted octanol–water partition coefficient (Wildman–Crippen LogP) is -0.626. The number of carbonyl (C=O) groups is 2. The molecule has 0 aliphatic heterocycles. The molecule has 0 bridgehead atoms. The Kier molecular flexibility index (Phi) is 3.82. The highest BCUT2D eigenvalue weighted by Crippen LogP contribution is 2.33. The standard InChI is InChI=1S/C5H7O6P/c6-4(5(7)8)2-1-3-12(9,10)11/h1-2H,3H2,(H,7,8)(H2,9,10,11)/b2-1-. The average molecular weight is 194 g/mol. The van der Waals surface area contributed by atoms with E-state index < -0.39 is 25.5 Å². The highest BCUT2D eigenvalue weighted by Gasteiger charge is 2.11. The molecule has 0 rings (SSSR count). The molecule has 0 amide bonds. The van der Waals surface area contributed by atoms with Gasteiger partial charge in [0.2, 0.25) is 0 Å². The predicted molar refractivity (Wildman–Crippen MR) is 38.7 cm³/mol. The summed E-state index contributed by atoms with van der Waals surface area (Å²) in [6, 6.07) is 0. The Morgan fingerprint density at radius 3 is 2.17 bits per heavy atom. The molecule has 0 spiro atoms. The zero-order valence-corrected chi connectivity index (χ0v) is 6.77. The molecule has 0 atom stereocenters. The lowest BCUT2D eigenvalue weighted by Gasteiger charge is -1.95. The van der Waals surface area contributed by atoms with E-state index in [0.29, 0.717) is 6.08 Å². The van der Waals surface area contributed by atoms with Crippen LogP contribution in [0.15, 0.2) is 12.2 Å². The summed E-state index contributed by atoms with van der Waals surface area (Å²) in [4.78, 5) is 36.7. The number of carboxylic acid groups (broad SMARTS) is 1. The van der Waals surface area contributed by atoms with E-state index >= 15 is 0 Å². The summed E-state index contributed by atoms with van der Waals surface area (Å²) in [6.45, 7) is 0. The third-order valence-corrected chi connectivity index (χ3v) is 1.51. The van der Waals surface area contributed by atoms with Crippen LogP contribution < -0.4 is 0 Å². The van der Waals surface area contributed by atoms with Crippen molar-refractivity contribution in [1.82, 2.24) is 0 Å². The summed E-state index contributed by atoms with van der Waals surface area (Å²) in [5.74, 6) is -2.86. The van der Waals surface area contributed by atoms with Crippen LogP contribution in [0, 0.1) is 0 Å². The van der Waals surface area contributed by atoms with Crippen molar-refractivity contribution in [3.63, 3.8) is 0 Å². The van der Waals surface area contributed by atoms with Gasteiger partial charge in [-0.15, -0.1) is 0 Å². The topological polar surface area (TPSA) is 112 Å². The number of ketones is 1. The smallest absolute Gasteiger partial charge is 0.376 e. The van der Waals surface area contributed by atoms with Gasteiger partial charge in [0.1, 0.15) is 0 Å². The van der Waals surface area contributed by atoms with Gasteiger partial charge in [0.05, 0.1) is 6.16 Å². The van der Waals surface area contributed by atoms with Gasteiger partial charge in [0, 0.05) is 0 Å². The number of rotatable bonds is 4. The van der Waals surface area contributed by atoms with E-state index in [1.807, 2.05) is 0 Å². The maximum atomic E-state index is 10.3. The summed E-state index contributed by atoms with van der Waals surface area (Å²) >= 11 is 0. The zero-order chi connectivity index (χ0) is 9.78. The molecule has 0 aliphatic rings. The van der Waals surface area contributed by atoms with Crippen LogP contribution in [0.1, 0.15) is 0 Å². The molecule has 0 fully saturated rings. The molecule has 6 nitrogen and oxygen atoms in total. The fourth-order valence-electron chi connectivity index (χ4n) is 0.368. The van der Waals surface area contributed by atoms with Crippen molar-refractivity contribution in [3.8, 4) is 0 Å². The maximum Gasteiger partial charge on any atom is 0.376 e. The summed E-state index contributed by atoms with van der Waals surface area (Å²) in [7, 11) is -4.18. The van der Waals surface area contributed by atoms with E-state index in [1.165, 1.54) is 0 Å². The van der Waals surface area contributed by atoms with E-state index in [4.69, 9.17) is 14.9 Å². The third-order valence-electron chi connectivity index (χ3n) is 0.823. The quantitative estimate of drug-likeness (QED) is 0.312. The fourth-order valence-corrected chi connectivity index (χ4v) is 0.748. The Balaban J connectivity index is 4.03. The van der Waals surface area contributed by atoms with E-state index in [0.717, 1.165) is 6.08 Å². The van der Waals surface area contributed by atoms with Crippen LogP contribution in [0.3, 0.4) is 0 Å². The Hall–Kier alpha value is -0.970. The number of aliphatic carboxylic acids is 1. The first-order chi connectivity index (χ1) is 5.33. The number of carbonyl (C=O) groups excluding carboxylic acids is 1. The molecule has 0 heterocycles. The van der Waals surface area contributed by atoms with Gasteiger partial charge in [-0.2, -0.15) is 0 Å². The lowest BCUT2D eigenvalue weighted by molar-refractivity contribution is -0.146. The van der Waals surface area contributed by atoms with Crippen molar-refractivity contribution in [2.24, 2.45) is 0 Å². The van der Waals surface area contributed by atoms with Crippen LogP contribution in [0.5, 0.6) is 0 Å². The number of carboxylic acids is 1. The number of hydrogen-bond donors (Lipinski definition) is 3. The van der Waals surface area contributed by atoms with Crippen LogP contribution in [0.2, 0.25) is 0 Å². The van der Waals surface area contributed by atoms with Gasteiger partial charge in [-0.1, -0.05) is 6.08 Å². The first kappa shape index (κ1) is 11.0. The van der Waals surface area contributed by atoms with Gasteiger partial charge < -0.3 is 14.9 Å². The zero-order valence-electron chi connectivity index (χ0n) is 5.88. The Morgan fingerprint density at radius 1 is 1.33 bits per heavy atom. The molecule has 0 unspecified atom stereocenters. The largest absolute Gasteiger partial charge is 0.475 e. The van der Waals surface area contributed by atoms with Gasteiger partial charge in [-0.05, 0) is 6.08 Å². The van der Waals surface area contributed by atoms with E-state index in [1.54, 1.807) is 0 Å². The fraction of sp³-hybridized carbons (Fsp3) is 0.200. The number of hydrogen-bond acceptors (Lipinski definition) is 3. The van der Waals surface area contributed by atoms with Crippen LogP contribution >= 0.6 is 7.60 Å². The summed E-state index contributed by atoms with van der Waals surface area (Å²) in [6.07, 6.45) is 0.810. The van der Waals surface area contributed by atoms with E-state index in [9.17, 15) is 14.2 Å². The van der Waals surface area contributed by atoms with Crippen molar-refractivity contribution < 1.29 is 29.0 Å². The van der Waals surface area contributed by atoms with E-state index in [2.05, 4.69) is 0 Å². The summed E-state index contributed by atoms with van der Waals surface area (Å²) < 4.78 is 10.2. The lowest BCUT2D eigenvalue weighted by atomic mass is 10.4. The molecule has 0 saturated carbocycles. The molecule has 0 aliphatic carbocycles. The molecular weight excluding hydrogens is 187 g/mol. The summed E-state index contributed by atoms with van der Waals surface area (Å²) in [5.41, 5.74) is 0. The molecule has 3 N–H and O–H groups in total. The highest BCUT2D eigenvalue weighted by molar-refractivity contribution is 7.51. The van der Waals surface area contributed by atoms with Crippen molar-refractivity contribution in [3.05, 3.63) is 12.2 Å². The third kappa shape index (κ3) is 5.79. The highest BCUT2D eigenvalue weighted by atomic mass is 31.2. The summed E-state index contributed by atoms with van der Waals surface area (Å²) in [5, 5.41) is 8.02. The van der Waals surface area contributed by atoms with Gasteiger partial charge in [0.15, 0.2) is 0 Å². The lowest BCUT2D eigenvalue weighted by Crippen LogP contribution is -2.08. The SMILES string of the molecule is O=C(O)C(=O)/C=C\CP(=O)(O)O. The molecule has 68 valence electrons. The number of allylic oxidation sites excluding steroid dienone is 1. The molecule has 0 radical (unpaired) electrons. The van der Waals surface area contributed by atoms with Crippen LogP contribution in [-0.4, -0.2) is 32.8 Å².